The Hall–Kier alpha value is -1.42. The van der Waals surface area contributed by atoms with Gasteiger partial charge in [0.25, 0.3) is 5.91 Å². The van der Waals surface area contributed by atoms with Crippen LogP contribution in [0, 0.1) is 6.92 Å². The molecule has 92 valence electrons. The zero-order chi connectivity index (χ0) is 12.3. The molecule has 0 bridgehead atoms. The number of rotatable bonds is 2. The Labute approximate surface area is 102 Å². The van der Waals surface area contributed by atoms with E-state index in [9.17, 15) is 4.79 Å². The van der Waals surface area contributed by atoms with Crippen molar-refractivity contribution in [1.82, 2.24) is 10.3 Å². The molecule has 1 fully saturated rings. The first-order chi connectivity index (χ1) is 8.18. The third-order valence-electron chi connectivity index (χ3n) is 3.40. The summed E-state index contributed by atoms with van der Waals surface area (Å²) >= 11 is 0. The van der Waals surface area contributed by atoms with Gasteiger partial charge in [-0.2, -0.15) is 0 Å². The summed E-state index contributed by atoms with van der Waals surface area (Å²) in [5.41, 5.74) is 7.61. The van der Waals surface area contributed by atoms with Crippen LogP contribution in [0.4, 0.5) is 0 Å². The summed E-state index contributed by atoms with van der Waals surface area (Å²) < 4.78 is 0. The number of nitrogens with two attached hydrogens (primary N) is 1. The number of nitrogens with one attached hydrogen (secondary N) is 1. The van der Waals surface area contributed by atoms with Gasteiger partial charge in [0.1, 0.15) is 0 Å². The topological polar surface area (TPSA) is 68.0 Å². The lowest BCUT2D eigenvalue weighted by Crippen LogP contribution is -2.49. The van der Waals surface area contributed by atoms with Crippen molar-refractivity contribution in [2.75, 3.05) is 0 Å². The molecule has 17 heavy (non-hydrogen) atoms. The molecule has 1 aliphatic carbocycles. The second kappa shape index (κ2) is 5.27. The maximum Gasteiger partial charge on any atom is 0.251 e. The maximum absolute atomic E-state index is 12.1. The highest BCUT2D eigenvalue weighted by Crippen LogP contribution is 2.17. The van der Waals surface area contributed by atoms with Crippen molar-refractivity contribution < 1.29 is 4.79 Å². The third kappa shape index (κ3) is 2.82. The Morgan fingerprint density at radius 1 is 1.47 bits per heavy atom. The molecule has 0 aliphatic heterocycles. The fourth-order valence-electron chi connectivity index (χ4n) is 2.31. The van der Waals surface area contributed by atoms with Crippen LogP contribution < -0.4 is 11.1 Å². The van der Waals surface area contributed by atoms with Gasteiger partial charge in [-0.15, -0.1) is 0 Å². The molecule has 1 aromatic rings. The Morgan fingerprint density at radius 3 is 2.94 bits per heavy atom. The summed E-state index contributed by atoms with van der Waals surface area (Å²) in [6, 6.07) is 1.96. The molecule has 0 aromatic carbocycles. The maximum atomic E-state index is 12.1. The van der Waals surface area contributed by atoms with E-state index in [1.54, 1.807) is 18.5 Å². The first-order valence-electron chi connectivity index (χ1n) is 6.15. The van der Waals surface area contributed by atoms with Crippen molar-refractivity contribution in [2.24, 2.45) is 5.73 Å². The summed E-state index contributed by atoms with van der Waals surface area (Å²) in [6.45, 7) is 1.89. The van der Waals surface area contributed by atoms with E-state index < -0.39 is 0 Å². The van der Waals surface area contributed by atoms with E-state index in [2.05, 4.69) is 10.3 Å². The van der Waals surface area contributed by atoms with Gasteiger partial charge in [0.05, 0.1) is 0 Å². The average Bonchev–Trinajstić information content (AvgIpc) is 2.32. The number of aromatic nitrogens is 1. The average molecular weight is 233 g/mol. The highest BCUT2D eigenvalue weighted by atomic mass is 16.1. The molecule has 0 radical (unpaired) electrons. The fourth-order valence-corrected chi connectivity index (χ4v) is 2.31. The van der Waals surface area contributed by atoms with Gasteiger partial charge in [0, 0.05) is 30.0 Å². The lowest BCUT2D eigenvalue weighted by molar-refractivity contribution is 0.0920. The molecule has 2 atom stereocenters. The van der Waals surface area contributed by atoms with Crippen LogP contribution in [-0.2, 0) is 0 Å². The summed E-state index contributed by atoms with van der Waals surface area (Å²) in [7, 11) is 0. The molecule has 0 unspecified atom stereocenters. The van der Waals surface area contributed by atoms with E-state index in [4.69, 9.17) is 5.73 Å². The molecule has 1 amide bonds. The van der Waals surface area contributed by atoms with Crippen LogP contribution in [0.2, 0.25) is 0 Å². The van der Waals surface area contributed by atoms with Gasteiger partial charge in [-0.05, 0) is 31.4 Å². The smallest absolute Gasteiger partial charge is 0.251 e. The second-order valence-corrected chi connectivity index (χ2v) is 4.72. The Balaban J connectivity index is 2.04. The normalized spacial score (nSPS) is 24.4. The third-order valence-corrected chi connectivity index (χ3v) is 3.40. The van der Waals surface area contributed by atoms with Crippen molar-refractivity contribution in [3.63, 3.8) is 0 Å². The van der Waals surface area contributed by atoms with Crippen LogP contribution in [0.5, 0.6) is 0 Å². The lowest BCUT2D eigenvalue weighted by Gasteiger charge is -2.29. The molecule has 0 spiro atoms. The quantitative estimate of drug-likeness (QED) is 0.811. The minimum Gasteiger partial charge on any atom is -0.348 e. The summed E-state index contributed by atoms with van der Waals surface area (Å²) in [4.78, 5) is 16.1. The van der Waals surface area contributed by atoms with E-state index in [-0.39, 0.29) is 18.0 Å². The van der Waals surface area contributed by atoms with E-state index >= 15 is 0 Å². The van der Waals surface area contributed by atoms with Crippen molar-refractivity contribution in [3.05, 3.63) is 29.6 Å². The van der Waals surface area contributed by atoms with Gasteiger partial charge in [-0.3, -0.25) is 9.78 Å². The van der Waals surface area contributed by atoms with Gasteiger partial charge >= 0.3 is 0 Å². The number of carbonyl (C=O) groups excluding carboxylic acids is 1. The number of pyridine rings is 1. The molecule has 1 aromatic heterocycles. The van der Waals surface area contributed by atoms with E-state index in [1.165, 1.54) is 6.42 Å². The molecular formula is C13H19N3O. The van der Waals surface area contributed by atoms with Crippen LogP contribution in [0.25, 0.3) is 0 Å². The number of hydrogen-bond donors (Lipinski definition) is 2. The molecule has 2 rings (SSSR count). The summed E-state index contributed by atoms with van der Waals surface area (Å²) in [5.74, 6) is -0.0350. The van der Waals surface area contributed by atoms with Crippen molar-refractivity contribution in [3.8, 4) is 0 Å². The first kappa shape index (κ1) is 12.0. The minimum absolute atomic E-state index is 0.0350. The van der Waals surface area contributed by atoms with Crippen LogP contribution in [0.15, 0.2) is 18.5 Å². The zero-order valence-corrected chi connectivity index (χ0v) is 10.1. The number of carbonyl (C=O) groups is 1. The van der Waals surface area contributed by atoms with Gasteiger partial charge in [-0.25, -0.2) is 0 Å². The van der Waals surface area contributed by atoms with Crippen molar-refractivity contribution in [1.29, 1.82) is 0 Å². The van der Waals surface area contributed by atoms with Gasteiger partial charge in [0.15, 0.2) is 0 Å². The van der Waals surface area contributed by atoms with Gasteiger partial charge < -0.3 is 11.1 Å². The zero-order valence-electron chi connectivity index (χ0n) is 10.1. The fraction of sp³-hybridized carbons (Fsp3) is 0.538. The Kier molecular flexibility index (Phi) is 3.74. The number of amides is 1. The monoisotopic (exact) mass is 233 g/mol. The van der Waals surface area contributed by atoms with Gasteiger partial charge in [-0.1, -0.05) is 12.8 Å². The SMILES string of the molecule is Cc1cnccc1C(=O)N[C@@H]1CCCC[C@H]1N. The highest BCUT2D eigenvalue weighted by molar-refractivity contribution is 5.95. The molecule has 4 nitrogen and oxygen atoms in total. The molecule has 1 saturated carbocycles. The van der Waals surface area contributed by atoms with Crippen LogP contribution >= 0.6 is 0 Å². The first-order valence-corrected chi connectivity index (χ1v) is 6.15. The molecule has 3 N–H and O–H groups in total. The van der Waals surface area contributed by atoms with E-state index in [0.717, 1.165) is 24.8 Å². The summed E-state index contributed by atoms with van der Waals surface area (Å²) in [5, 5.41) is 3.03. The molecule has 1 aliphatic rings. The largest absolute Gasteiger partial charge is 0.348 e. The molecule has 4 heteroatoms. The Morgan fingerprint density at radius 2 is 2.24 bits per heavy atom. The van der Waals surface area contributed by atoms with Crippen LogP contribution in [0.3, 0.4) is 0 Å². The Bertz CT molecular complexity index is 405. The molecular weight excluding hydrogens is 214 g/mol. The standard InChI is InChI=1S/C13H19N3O/c1-9-8-15-7-6-10(9)13(17)16-12-5-3-2-4-11(12)14/h6-8,11-12H,2-5,14H2,1H3,(H,16,17)/t11-,12-/m1/s1. The predicted molar refractivity (Wildman–Crippen MR) is 66.7 cm³/mol. The lowest BCUT2D eigenvalue weighted by atomic mass is 9.91. The van der Waals surface area contributed by atoms with Crippen molar-refractivity contribution in [2.45, 2.75) is 44.7 Å². The van der Waals surface area contributed by atoms with E-state index in [0.29, 0.717) is 5.56 Å². The van der Waals surface area contributed by atoms with Crippen LogP contribution in [-0.4, -0.2) is 23.0 Å². The number of nitrogens with zero attached hydrogens (tertiary/aromatic N) is 1. The molecule has 1 heterocycles. The predicted octanol–water partition coefficient (Wildman–Crippen LogP) is 1.39. The second-order valence-electron chi connectivity index (χ2n) is 4.72. The van der Waals surface area contributed by atoms with Gasteiger partial charge in [0.2, 0.25) is 0 Å². The molecule has 0 saturated heterocycles. The minimum atomic E-state index is -0.0350. The van der Waals surface area contributed by atoms with Crippen molar-refractivity contribution >= 4 is 5.91 Å². The number of hydrogen-bond acceptors (Lipinski definition) is 3. The summed E-state index contributed by atoms with van der Waals surface area (Å²) in [6.07, 6.45) is 7.64. The highest BCUT2D eigenvalue weighted by Gasteiger charge is 2.23. The van der Waals surface area contributed by atoms with E-state index in [1.807, 2.05) is 6.92 Å². The van der Waals surface area contributed by atoms with Crippen LogP contribution in [0.1, 0.15) is 41.6 Å². The number of aryl methyl sites for hydroxylation is 1.